The molecule has 1 amide bonds. The van der Waals surface area contributed by atoms with Crippen molar-refractivity contribution in [3.05, 3.63) is 66.2 Å². The van der Waals surface area contributed by atoms with Crippen LogP contribution in [-0.4, -0.2) is 45.5 Å². The van der Waals surface area contributed by atoms with Crippen LogP contribution in [0.3, 0.4) is 0 Å². The number of hydrogen-bond acceptors (Lipinski definition) is 5. The lowest BCUT2D eigenvalue weighted by Crippen LogP contribution is -2.34. The molecule has 5 rings (SSSR count). The molecule has 0 bridgehead atoms. The molecule has 1 saturated heterocycles. The van der Waals surface area contributed by atoms with E-state index in [9.17, 15) is 13.2 Å². The third kappa shape index (κ3) is 4.54. The van der Waals surface area contributed by atoms with E-state index in [1.807, 2.05) is 47.4 Å². The Kier molecular flexibility index (Phi) is 5.95. The number of rotatable bonds is 6. The number of fused-ring (bicyclic) bond motifs is 2. The fourth-order valence-corrected chi connectivity index (χ4v) is 5.60. The zero-order chi connectivity index (χ0) is 22.8. The predicted molar refractivity (Wildman–Crippen MR) is 125 cm³/mol. The monoisotopic (exact) mass is 466 g/mol. The first-order valence-corrected chi connectivity index (χ1v) is 12.7. The van der Waals surface area contributed by atoms with E-state index in [4.69, 9.17) is 9.47 Å². The summed E-state index contributed by atoms with van der Waals surface area (Å²) in [7, 11) is -3.70. The van der Waals surface area contributed by atoms with Crippen molar-refractivity contribution in [3.8, 4) is 11.5 Å². The maximum Gasteiger partial charge on any atom is 0.240 e. The van der Waals surface area contributed by atoms with Crippen LogP contribution in [0.4, 0.5) is 0 Å². The minimum absolute atomic E-state index is 0.0366. The SMILES string of the molecule is O=C(CCNS(=O)(=O)c1ccc2ccccc2c1)N1CCC[C@H]1c1ccc2c(c1)OCCO2. The minimum atomic E-state index is -3.70. The molecule has 2 heterocycles. The van der Waals surface area contributed by atoms with Crippen LogP contribution in [0.2, 0.25) is 0 Å². The van der Waals surface area contributed by atoms with Gasteiger partial charge >= 0.3 is 0 Å². The van der Waals surface area contributed by atoms with Gasteiger partial charge in [-0.05, 0) is 53.4 Å². The van der Waals surface area contributed by atoms with Crippen molar-refractivity contribution in [1.29, 1.82) is 0 Å². The van der Waals surface area contributed by atoms with Crippen molar-refractivity contribution in [3.63, 3.8) is 0 Å². The summed E-state index contributed by atoms with van der Waals surface area (Å²) in [5, 5.41) is 1.83. The lowest BCUT2D eigenvalue weighted by atomic mass is 10.0. The number of sulfonamides is 1. The van der Waals surface area contributed by atoms with Gasteiger partial charge in [0.05, 0.1) is 10.9 Å². The number of carbonyl (C=O) groups excluding carboxylic acids is 1. The van der Waals surface area contributed by atoms with E-state index in [1.54, 1.807) is 18.2 Å². The van der Waals surface area contributed by atoms with Crippen molar-refractivity contribution >= 4 is 26.7 Å². The molecule has 0 spiro atoms. The molecule has 1 atom stereocenters. The molecule has 0 saturated carbocycles. The molecule has 172 valence electrons. The van der Waals surface area contributed by atoms with Crippen molar-refractivity contribution in [2.45, 2.75) is 30.2 Å². The van der Waals surface area contributed by atoms with Crippen molar-refractivity contribution < 1.29 is 22.7 Å². The van der Waals surface area contributed by atoms with Gasteiger partial charge in [-0.2, -0.15) is 0 Å². The number of nitrogens with zero attached hydrogens (tertiary/aromatic N) is 1. The Balaban J connectivity index is 1.23. The summed E-state index contributed by atoms with van der Waals surface area (Å²) in [5.41, 5.74) is 1.02. The highest BCUT2D eigenvalue weighted by Crippen LogP contribution is 2.38. The summed E-state index contributed by atoms with van der Waals surface area (Å²) in [4.78, 5) is 15.0. The van der Waals surface area contributed by atoms with E-state index in [0.717, 1.165) is 34.9 Å². The first kappa shape index (κ1) is 21.7. The van der Waals surface area contributed by atoms with Gasteiger partial charge in [-0.3, -0.25) is 4.79 Å². The van der Waals surface area contributed by atoms with E-state index in [2.05, 4.69) is 4.72 Å². The Morgan fingerprint density at radius 2 is 1.76 bits per heavy atom. The van der Waals surface area contributed by atoms with Gasteiger partial charge in [0.1, 0.15) is 13.2 Å². The van der Waals surface area contributed by atoms with Crippen molar-refractivity contribution in [1.82, 2.24) is 9.62 Å². The maximum atomic E-state index is 13.0. The van der Waals surface area contributed by atoms with Crippen LogP contribution in [0, 0.1) is 0 Å². The lowest BCUT2D eigenvalue weighted by molar-refractivity contribution is -0.131. The molecule has 0 unspecified atom stereocenters. The Bertz CT molecular complexity index is 1290. The zero-order valence-electron chi connectivity index (χ0n) is 18.2. The molecule has 0 radical (unpaired) electrons. The van der Waals surface area contributed by atoms with E-state index in [0.29, 0.717) is 25.5 Å². The average Bonchev–Trinajstić information content (AvgIpc) is 3.33. The summed E-state index contributed by atoms with van der Waals surface area (Å²) >= 11 is 0. The predicted octanol–water partition coefficient (Wildman–Crippen LogP) is 3.64. The summed E-state index contributed by atoms with van der Waals surface area (Å²) in [5.74, 6) is 1.37. The standard InChI is InChI=1S/C25H26N2O5S/c28-25(11-12-26-33(29,30)21-9-7-18-4-1-2-5-19(18)16-21)27-13-3-6-22(27)20-8-10-23-24(17-20)32-15-14-31-23/h1-2,4-5,7-10,16-17,22,26H,3,6,11-15H2/t22-/m0/s1. The number of ether oxygens (including phenoxy) is 2. The van der Waals surface area contributed by atoms with Crippen LogP contribution < -0.4 is 14.2 Å². The van der Waals surface area contributed by atoms with Gasteiger partial charge in [0.25, 0.3) is 0 Å². The highest BCUT2D eigenvalue weighted by molar-refractivity contribution is 7.89. The van der Waals surface area contributed by atoms with Crippen molar-refractivity contribution in [2.24, 2.45) is 0 Å². The summed E-state index contributed by atoms with van der Waals surface area (Å²) in [6.07, 6.45) is 1.88. The smallest absolute Gasteiger partial charge is 0.240 e. The van der Waals surface area contributed by atoms with Gasteiger partial charge in [-0.1, -0.05) is 36.4 Å². The van der Waals surface area contributed by atoms with Gasteiger partial charge in [-0.25, -0.2) is 13.1 Å². The number of amides is 1. The van der Waals surface area contributed by atoms with E-state index in [1.165, 1.54) is 0 Å². The summed E-state index contributed by atoms with van der Waals surface area (Å²) in [6.45, 7) is 1.77. The molecule has 2 aliphatic heterocycles. The topological polar surface area (TPSA) is 84.9 Å². The normalized spacial score (nSPS) is 17.9. The molecule has 3 aromatic carbocycles. The first-order valence-electron chi connectivity index (χ1n) is 11.2. The highest BCUT2D eigenvalue weighted by Gasteiger charge is 2.30. The summed E-state index contributed by atoms with van der Waals surface area (Å²) in [6, 6.07) is 18.4. The molecule has 8 heteroatoms. The number of benzene rings is 3. The fraction of sp³-hybridized carbons (Fsp3) is 0.320. The van der Waals surface area contributed by atoms with Crippen molar-refractivity contribution in [2.75, 3.05) is 26.3 Å². The van der Waals surface area contributed by atoms with E-state index >= 15 is 0 Å². The van der Waals surface area contributed by atoms with Crippen LogP contribution >= 0.6 is 0 Å². The minimum Gasteiger partial charge on any atom is -0.486 e. The van der Waals surface area contributed by atoms with Gasteiger partial charge in [0.15, 0.2) is 11.5 Å². The molecule has 0 aromatic heterocycles. The van der Waals surface area contributed by atoms with E-state index in [-0.39, 0.29) is 29.8 Å². The van der Waals surface area contributed by atoms with Gasteiger partial charge < -0.3 is 14.4 Å². The summed E-state index contributed by atoms with van der Waals surface area (Å²) < 4.78 is 39.3. The molecular weight excluding hydrogens is 440 g/mol. The third-order valence-electron chi connectivity index (χ3n) is 6.19. The molecule has 3 aromatic rings. The highest BCUT2D eigenvalue weighted by atomic mass is 32.2. The van der Waals surface area contributed by atoms with Gasteiger partial charge in [0, 0.05) is 19.5 Å². The van der Waals surface area contributed by atoms with Crippen LogP contribution in [0.25, 0.3) is 10.8 Å². The van der Waals surface area contributed by atoms with Crippen LogP contribution in [0.1, 0.15) is 30.9 Å². The Labute approximate surface area is 193 Å². The second kappa shape index (κ2) is 9.03. The van der Waals surface area contributed by atoms with Gasteiger partial charge in [-0.15, -0.1) is 0 Å². The maximum absolute atomic E-state index is 13.0. The Morgan fingerprint density at radius 1 is 0.970 bits per heavy atom. The second-order valence-electron chi connectivity index (χ2n) is 8.30. The number of carbonyl (C=O) groups is 1. The molecule has 2 aliphatic rings. The van der Waals surface area contributed by atoms with E-state index < -0.39 is 10.0 Å². The molecule has 1 N–H and O–H groups in total. The van der Waals surface area contributed by atoms with Crippen LogP contribution in [-0.2, 0) is 14.8 Å². The molecule has 1 fully saturated rings. The third-order valence-corrected chi connectivity index (χ3v) is 7.65. The fourth-order valence-electron chi connectivity index (χ4n) is 4.53. The Morgan fingerprint density at radius 3 is 2.61 bits per heavy atom. The first-order chi connectivity index (χ1) is 16.0. The van der Waals surface area contributed by atoms with Crippen LogP contribution in [0.15, 0.2) is 65.6 Å². The average molecular weight is 467 g/mol. The zero-order valence-corrected chi connectivity index (χ0v) is 19.0. The largest absolute Gasteiger partial charge is 0.486 e. The lowest BCUT2D eigenvalue weighted by Gasteiger charge is -2.27. The molecule has 33 heavy (non-hydrogen) atoms. The number of nitrogens with one attached hydrogen (secondary N) is 1. The molecule has 0 aliphatic carbocycles. The number of likely N-dealkylation sites (tertiary alicyclic amines) is 1. The molecular formula is C25H26N2O5S. The second-order valence-corrected chi connectivity index (χ2v) is 10.1. The quantitative estimate of drug-likeness (QED) is 0.600. The van der Waals surface area contributed by atoms with Crippen LogP contribution in [0.5, 0.6) is 11.5 Å². The Hall–Kier alpha value is -3.10. The molecule has 7 nitrogen and oxygen atoms in total. The van der Waals surface area contributed by atoms with Gasteiger partial charge in [0.2, 0.25) is 15.9 Å². The number of hydrogen-bond donors (Lipinski definition) is 1.